The summed E-state index contributed by atoms with van der Waals surface area (Å²) in [7, 11) is 0. The van der Waals surface area contributed by atoms with Crippen molar-refractivity contribution in [1.82, 2.24) is 9.88 Å². The van der Waals surface area contributed by atoms with Gasteiger partial charge in [-0.05, 0) is 30.9 Å². The molecule has 128 valence electrons. The third-order valence-electron chi connectivity index (χ3n) is 4.31. The van der Waals surface area contributed by atoms with Crippen LogP contribution in [0.1, 0.15) is 32.1 Å². The number of piperidine rings is 1. The van der Waals surface area contributed by atoms with E-state index in [4.69, 9.17) is 4.42 Å². The van der Waals surface area contributed by atoms with Crippen LogP contribution in [0.4, 0.5) is 8.78 Å². The number of hydrogen-bond acceptors (Lipinski definition) is 3. The van der Waals surface area contributed by atoms with E-state index in [9.17, 15) is 13.6 Å². The Morgan fingerprint density at radius 3 is 3.00 bits per heavy atom. The van der Waals surface area contributed by atoms with Crippen molar-refractivity contribution in [3.63, 3.8) is 0 Å². The van der Waals surface area contributed by atoms with Crippen LogP contribution in [0.2, 0.25) is 0 Å². The number of amides is 1. The minimum atomic E-state index is -0.698. The number of carbonyl (C=O) groups excluding carboxylic acids is 1. The molecule has 0 N–H and O–H groups in total. The highest BCUT2D eigenvalue weighted by atomic mass is 19.1. The molecule has 1 aliphatic heterocycles. The van der Waals surface area contributed by atoms with Gasteiger partial charge >= 0.3 is 0 Å². The standard InChI is InChI=1S/C18H20F2N2O2/c1-12-3-2-8-22(11-12)18(23)7-6-17-21-10-16(24-17)14-5-4-13(19)9-15(14)20/h4-5,9-10,12H,2-3,6-8,11H2,1H3. The van der Waals surface area contributed by atoms with Crippen LogP contribution in [-0.4, -0.2) is 28.9 Å². The maximum absolute atomic E-state index is 13.8. The summed E-state index contributed by atoms with van der Waals surface area (Å²) >= 11 is 0. The number of carbonyl (C=O) groups is 1. The van der Waals surface area contributed by atoms with Gasteiger partial charge in [-0.25, -0.2) is 13.8 Å². The average molecular weight is 334 g/mol. The molecule has 1 saturated heterocycles. The van der Waals surface area contributed by atoms with E-state index in [1.807, 2.05) is 4.90 Å². The lowest BCUT2D eigenvalue weighted by Gasteiger charge is -2.30. The van der Waals surface area contributed by atoms with Gasteiger partial charge in [-0.15, -0.1) is 0 Å². The molecule has 2 heterocycles. The Hall–Kier alpha value is -2.24. The normalized spacial score (nSPS) is 18.0. The number of benzene rings is 1. The number of halogens is 2. The largest absolute Gasteiger partial charge is 0.441 e. The summed E-state index contributed by atoms with van der Waals surface area (Å²) < 4.78 is 32.2. The van der Waals surface area contributed by atoms with Gasteiger partial charge in [-0.3, -0.25) is 4.79 Å². The first-order chi connectivity index (χ1) is 11.5. The number of oxazole rings is 1. The Kier molecular flexibility index (Phi) is 4.92. The third kappa shape index (κ3) is 3.80. The highest BCUT2D eigenvalue weighted by molar-refractivity contribution is 5.76. The zero-order chi connectivity index (χ0) is 17.1. The van der Waals surface area contributed by atoms with Gasteiger partial charge in [0.25, 0.3) is 0 Å². The van der Waals surface area contributed by atoms with Crippen LogP contribution < -0.4 is 0 Å². The Morgan fingerprint density at radius 2 is 2.25 bits per heavy atom. The highest BCUT2D eigenvalue weighted by Crippen LogP contribution is 2.25. The Labute approximate surface area is 139 Å². The molecule has 0 radical (unpaired) electrons. The van der Waals surface area contributed by atoms with Crippen LogP contribution in [0.25, 0.3) is 11.3 Å². The first-order valence-corrected chi connectivity index (χ1v) is 8.21. The molecule has 1 unspecified atom stereocenters. The Balaban J connectivity index is 1.61. The highest BCUT2D eigenvalue weighted by Gasteiger charge is 2.21. The molecule has 0 spiro atoms. The first kappa shape index (κ1) is 16.6. The van der Waals surface area contributed by atoms with E-state index in [1.165, 1.54) is 18.3 Å². The summed E-state index contributed by atoms with van der Waals surface area (Å²) in [6.07, 6.45) is 4.29. The van der Waals surface area contributed by atoms with Crippen molar-refractivity contribution in [3.8, 4) is 11.3 Å². The maximum atomic E-state index is 13.8. The van der Waals surface area contributed by atoms with Crippen molar-refractivity contribution in [1.29, 1.82) is 0 Å². The zero-order valence-electron chi connectivity index (χ0n) is 13.6. The molecule has 6 heteroatoms. The number of nitrogens with zero attached hydrogens (tertiary/aromatic N) is 2. The van der Waals surface area contributed by atoms with Gasteiger partial charge in [0.1, 0.15) is 11.6 Å². The van der Waals surface area contributed by atoms with Crippen LogP contribution in [0.3, 0.4) is 0 Å². The molecule has 0 bridgehead atoms. The predicted octanol–water partition coefficient (Wildman–Crippen LogP) is 3.81. The third-order valence-corrected chi connectivity index (χ3v) is 4.31. The van der Waals surface area contributed by atoms with E-state index in [1.54, 1.807) is 0 Å². The lowest BCUT2D eigenvalue weighted by atomic mass is 10.00. The molecule has 1 aromatic heterocycles. The molecule has 1 aromatic carbocycles. The molecular weight excluding hydrogens is 314 g/mol. The summed E-state index contributed by atoms with van der Waals surface area (Å²) in [6.45, 7) is 3.76. The van der Waals surface area contributed by atoms with Crippen LogP contribution in [0.15, 0.2) is 28.8 Å². The second kappa shape index (κ2) is 7.11. The summed E-state index contributed by atoms with van der Waals surface area (Å²) in [4.78, 5) is 18.2. The van der Waals surface area contributed by atoms with Gasteiger partial charge in [-0.2, -0.15) is 0 Å². The van der Waals surface area contributed by atoms with Crippen molar-refractivity contribution in [2.24, 2.45) is 5.92 Å². The summed E-state index contributed by atoms with van der Waals surface area (Å²) in [5.74, 6) is -0.0890. The van der Waals surface area contributed by atoms with Crippen LogP contribution in [-0.2, 0) is 11.2 Å². The monoisotopic (exact) mass is 334 g/mol. The van der Waals surface area contributed by atoms with E-state index in [0.29, 0.717) is 24.7 Å². The van der Waals surface area contributed by atoms with E-state index >= 15 is 0 Å². The molecular formula is C18H20F2N2O2. The van der Waals surface area contributed by atoms with Crippen LogP contribution in [0.5, 0.6) is 0 Å². The molecule has 3 rings (SSSR count). The quantitative estimate of drug-likeness (QED) is 0.854. The molecule has 1 fully saturated rings. The van der Waals surface area contributed by atoms with Crippen molar-refractivity contribution >= 4 is 5.91 Å². The smallest absolute Gasteiger partial charge is 0.223 e. The molecule has 0 aliphatic carbocycles. The number of rotatable bonds is 4. The second-order valence-corrected chi connectivity index (χ2v) is 6.33. The number of hydrogen-bond donors (Lipinski definition) is 0. The lowest BCUT2D eigenvalue weighted by Crippen LogP contribution is -2.39. The number of aryl methyl sites for hydroxylation is 1. The second-order valence-electron chi connectivity index (χ2n) is 6.33. The fourth-order valence-electron chi connectivity index (χ4n) is 3.03. The van der Waals surface area contributed by atoms with Crippen molar-refractivity contribution < 1.29 is 18.0 Å². The summed E-state index contributed by atoms with van der Waals surface area (Å²) in [5.41, 5.74) is 0.159. The molecule has 1 atom stereocenters. The van der Waals surface area contributed by atoms with E-state index in [2.05, 4.69) is 11.9 Å². The van der Waals surface area contributed by atoms with E-state index < -0.39 is 11.6 Å². The van der Waals surface area contributed by atoms with Gasteiger partial charge in [0.05, 0.1) is 11.8 Å². The number of likely N-dealkylation sites (tertiary alicyclic amines) is 1. The van der Waals surface area contributed by atoms with Crippen molar-refractivity contribution in [3.05, 3.63) is 41.9 Å². The molecule has 2 aromatic rings. The Morgan fingerprint density at radius 1 is 1.42 bits per heavy atom. The molecule has 4 nitrogen and oxygen atoms in total. The van der Waals surface area contributed by atoms with E-state index in [0.717, 1.165) is 32.0 Å². The van der Waals surface area contributed by atoms with Gasteiger partial charge < -0.3 is 9.32 Å². The van der Waals surface area contributed by atoms with Gasteiger partial charge in [0.15, 0.2) is 11.7 Å². The fraction of sp³-hybridized carbons (Fsp3) is 0.444. The topological polar surface area (TPSA) is 46.3 Å². The van der Waals surface area contributed by atoms with E-state index in [-0.39, 0.29) is 17.2 Å². The van der Waals surface area contributed by atoms with Gasteiger partial charge in [-0.1, -0.05) is 6.92 Å². The van der Waals surface area contributed by atoms with Crippen molar-refractivity contribution in [2.75, 3.05) is 13.1 Å². The summed E-state index contributed by atoms with van der Waals surface area (Å²) in [5, 5.41) is 0. The minimum Gasteiger partial charge on any atom is -0.441 e. The predicted molar refractivity (Wildman–Crippen MR) is 85.2 cm³/mol. The average Bonchev–Trinajstić information content (AvgIpc) is 3.01. The first-order valence-electron chi connectivity index (χ1n) is 8.21. The van der Waals surface area contributed by atoms with Gasteiger partial charge in [0, 0.05) is 32.0 Å². The molecule has 1 amide bonds. The molecule has 24 heavy (non-hydrogen) atoms. The van der Waals surface area contributed by atoms with Crippen LogP contribution in [0, 0.1) is 17.6 Å². The van der Waals surface area contributed by atoms with Gasteiger partial charge in [0.2, 0.25) is 5.91 Å². The van der Waals surface area contributed by atoms with Crippen LogP contribution >= 0.6 is 0 Å². The summed E-state index contributed by atoms with van der Waals surface area (Å²) in [6, 6.07) is 3.29. The molecule has 1 aliphatic rings. The zero-order valence-corrected chi connectivity index (χ0v) is 13.6. The minimum absolute atomic E-state index is 0.0919. The maximum Gasteiger partial charge on any atom is 0.223 e. The number of aromatic nitrogens is 1. The Bertz CT molecular complexity index is 730. The SMILES string of the molecule is CC1CCCN(C(=O)CCc2ncc(-c3ccc(F)cc3F)o2)C1. The lowest BCUT2D eigenvalue weighted by molar-refractivity contribution is -0.132. The van der Waals surface area contributed by atoms with Crippen molar-refractivity contribution in [2.45, 2.75) is 32.6 Å². The molecule has 0 saturated carbocycles. The fourth-order valence-corrected chi connectivity index (χ4v) is 3.03.